The van der Waals surface area contributed by atoms with Crippen molar-refractivity contribution in [1.82, 2.24) is 19.5 Å². The van der Waals surface area contributed by atoms with Crippen LogP contribution in [0.3, 0.4) is 0 Å². The average molecular weight is 461 g/mol. The normalized spacial score (nSPS) is 12.7. The summed E-state index contributed by atoms with van der Waals surface area (Å²) in [5.74, 6) is -2.30. The Labute approximate surface area is 175 Å². The van der Waals surface area contributed by atoms with Crippen molar-refractivity contribution in [3.63, 3.8) is 0 Å². The Balaban J connectivity index is 1.86. The van der Waals surface area contributed by atoms with Crippen LogP contribution in [0.1, 0.15) is 25.7 Å². The number of nitrogens with zero attached hydrogens (tertiary/aromatic N) is 3. The molecule has 0 saturated carbocycles. The molecule has 1 aromatic heterocycles. The molecule has 1 N–H and O–H groups in total. The smallest absolute Gasteiger partial charge is 0.322 e. The van der Waals surface area contributed by atoms with Crippen LogP contribution in [0.15, 0.2) is 41.3 Å². The lowest BCUT2D eigenvalue weighted by Gasteiger charge is -2.16. The number of sulfonamides is 1. The number of hydrogen-bond donors (Lipinski definition) is 1. The van der Waals surface area contributed by atoms with Gasteiger partial charge in [-0.15, -0.1) is 5.10 Å². The lowest BCUT2D eigenvalue weighted by atomic mass is 10.3. The maximum atomic E-state index is 14.0. The van der Waals surface area contributed by atoms with E-state index in [0.717, 1.165) is 0 Å². The van der Waals surface area contributed by atoms with E-state index >= 15 is 0 Å². The Bertz CT molecular complexity index is 1170. The van der Waals surface area contributed by atoms with E-state index in [0.29, 0.717) is 24.4 Å². The number of nitrogens with one attached hydrogen (secondary N) is 1. The first kappa shape index (κ1) is 22.1. The number of halogens is 4. The lowest BCUT2D eigenvalue weighted by molar-refractivity contribution is 0.407. The fraction of sp³-hybridized carbons (Fsp3) is 0.222. The van der Waals surface area contributed by atoms with Gasteiger partial charge in [-0.25, -0.2) is 26.3 Å². The van der Waals surface area contributed by atoms with Crippen LogP contribution in [0.4, 0.5) is 13.2 Å². The van der Waals surface area contributed by atoms with Crippen LogP contribution in [-0.2, 0) is 16.6 Å². The maximum absolute atomic E-state index is 14.0. The van der Waals surface area contributed by atoms with Gasteiger partial charge in [0, 0.05) is 12.6 Å². The minimum Gasteiger partial charge on any atom is -0.424 e. The van der Waals surface area contributed by atoms with Gasteiger partial charge in [-0.2, -0.15) is 0 Å². The van der Waals surface area contributed by atoms with Crippen molar-refractivity contribution in [2.45, 2.75) is 31.3 Å². The summed E-state index contributed by atoms with van der Waals surface area (Å²) in [5.41, 5.74) is 0. The topological polar surface area (TPSA) is 86.1 Å². The molecule has 7 nitrogen and oxygen atoms in total. The first-order valence-corrected chi connectivity index (χ1v) is 10.5. The second-order valence-corrected chi connectivity index (χ2v) is 8.27. The standard InChI is InChI=1S/C18H16ClF3N4O3S/c1-3-26-17(23-24-18(26)29-12-6-4-11(20)5-7-12)10(2)25-30(27,28)16-8-13(19)14(21)9-15(16)22/h4-10,25H,3H2,1-2H3/t10-/m1/s1. The molecule has 1 atom stereocenters. The summed E-state index contributed by atoms with van der Waals surface area (Å²) < 4.78 is 74.9. The summed E-state index contributed by atoms with van der Waals surface area (Å²) >= 11 is 5.58. The zero-order chi connectivity index (χ0) is 22.1. The molecule has 0 spiro atoms. The van der Waals surface area contributed by atoms with Gasteiger partial charge in [0.05, 0.1) is 11.1 Å². The molecule has 0 fully saturated rings. The van der Waals surface area contributed by atoms with E-state index < -0.39 is 43.4 Å². The Hall–Kier alpha value is -2.63. The van der Waals surface area contributed by atoms with Crippen LogP contribution >= 0.6 is 11.6 Å². The summed E-state index contributed by atoms with van der Waals surface area (Å²) in [6, 6.07) is 5.41. The minimum absolute atomic E-state index is 0.0566. The van der Waals surface area contributed by atoms with E-state index in [-0.39, 0.29) is 11.8 Å². The van der Waals surface area contributed by atoms with Crippen LogP contribution < -0.4 is 9.46 Å². The Kier molecular flexibility index (Phi) is 6.34. The first-order valence-electron chi connectivity index (χ1n) is 8.65. The molecule has 0 bridgehead atoms. The first-order chi connectivity index (χ1) is 14.1. The van der Waals surface area contributed by atoms with Gasteiger partial charge < -0.3 is 4.74 Å². The third-order valence-corrected chi connectivity index (χ3v) is 5.91. The quantitative estimate of drug-likeness (QED) is 0.534. The number of aromatic nitrogens is 3. The molecule has 12 heteroatoms. The van der Waals surface area contributed by atoms with E-state index in [1.807, 2.05) is 0 Å². The van der Waals surface area contributed by atoms with Crippen molar-refractivity contribution < 1.29 is 26.3 Å². The number of hydrogen-bond acceptors (Lipinski definition) is 5. The highest BCUT2D eigenvalue weighted by atomic mass is 35.5. The van der Waals surface area contributed by atoms with Crippen molar-refractivity contribution in [3.05, 3.63) is 64.7 Å². The highest BCUT2D eigenvalue weighted by Crippen LogP contribution is 2.26. The molecule has 0 amide bonds. The molecule has 2 aromatic carbocycles. The summed E-state index contributed by atoms with van der Waals surface area (Å²) in [5, 5.41) is 7.30. The maximum Gasteiger partial charge on any atom is 0.322 e. The molecule has 30 heavy (non-hydrogen) atoms. The predicted molar refractivity (Wildman–Crippen MR) is 102 cm³/mol. The third-order valence-electron chi connectivity index (χ3n) is 4.07. The molecule has 0 aliphatic rings. The van der Waals surface area contributed by atoms with Gasteiger partial charge in [0.2, 0.25) is 10.0 Å². The van der Waals surface area contributed by atoms with E-state index in [1.54, 1.807) is 6.92 Å². The fourth-order valence-electron chi connectivity index (χ4n) is 2.66. The van der Waals surface area contributed by atoms with Crippen molar-refractivity contribution in [2.75, 3.05) is 0 Å². The largest absolute Gasteiger partial charge is 0.424 e. The highest BCUT2D eigenvalue weighted by Gasteiger charge is 2.27. The monoisotopic (exact) mass is 460 g/mol. The van der Waals surface area contributed by atoms with Crippen molar-refractivity contribution in [1.29, 1.82) is 0 Å². The van der Waals surface area contributed by atoms with Gasteiger partial charge in [0.15, 0.2) is 5.82 Å². The van der Waals surface area contributed by atoms with E-state index in [4.69, 9.17) is 16.3 Å². The van der Waals surface area contributed by atoms with Crippen LogP contribution in [0.2, 0.25) is 5.02 Å². The van der Waals surface area contributed by atoms with Crippen molar-refractivity contribution in [3.8, 4) is 11.8 Å². The lowest BCUT2D eigenvalue weighted by Crippen LogP contribution is -2.29. The molecule has 160 valence electrons. The Morgan fingerprint density at radius 3 is 2.43 bits per heavy atom. The molecule has 0 aliphatic heterocycles. The number of ether oxygens (including phenoxy) is 1. The van der Waals surface area contributed by atoms with Gasteiger partial charge in [0.25, 0.3) is 0 Å². The molecule has 0 unspecified atom stereocenters. The fourth-order valence-corrected chi connectivity index (χ4v) is 4.18. The minimum atomic E-state index is -4.40. The van der Waals surface area contributed by atoms with Gasteiger partial charge in [-0.1, -0.05) is 16.7 Å². The summed E-state index contributed by atoms with van der Waals surface area (Å²) in [6.07, 6.45) is 0. The Morgan fingerprint density at radius 2 is 1.80 bits per heavy atom. The van der Waals surface area contributed by atoms with Crippen molar-refractivity contribution in [2.24, 2.45) is 0 Å². The van der Waals surface area contributed by atoms with Gasteiger partial charge >= 0.3 is 6.01 Å². The van der Waals surface area contributed by atoms with Crippen LogP contribution in [0, 0.1) is 17.5 Å². The average Bonchev–Trinajstić information content (AvgIpc) is 3.08. The van der Waals surface area contributed by atoms with E-state index in [9.17, 15) is 21.6 Å². The summed E-state index contributed by atoms with van der Waals surface area (Å²) in [4.78, 5) is -0.800. The van der Waals surface area contributed by atoms with Gasteiger partial charge in [0.1, 0.15) is 28.1 Å². The molecular weight excluding hydrogens is 445 g/mol. The second-order valence-electron chi connectivity index (χ2n) is 6.18. The zero-order valence-electron chi connectivity index (χ0n) is 15.7. The van der Waals surface area contributed by atoms with E-state index in [2.05, 4.69) is 14.9 Å². The molecular formula is C18H16ClF3N4O3S. The SMILES string of the molecule is CCn1c(Oc2ccc(F)cc2)nnc1[C@@H](C)NS(=O)(=O)c1cc(Cl)c(F)cc1F. The third kappa shape index (κ3) is 4.58. The van der Waals surface area contributed by atoms with Gasteiger partial charge in [-0.3, -0.25) is 4.57 Å². The Morgan fingerprint density at radius 1 is 1.13 bits per heavy atom. The summed E-state index contributed by atoms with van der Waals surface area (Å²) in [7, 11) is -4.40. The molecule has 3 aromatic rings. The number of rotatable bonds is 7. The molecule has 1 heterocycles. The predicted octanol–water partition coefficient (Wildman–Crippen LogP) is 4.20. The molecule has 0 aliphatic carbocycles. The second kappa shape index (κ2) is 8.62. The number of benzene rings is 2. The summed E-state index contributed by atoms with van der Waals surface area (Å²) in [6.45, 7) is 3.55. The van der Waals surface area contributed by atoms with Crippen molar-refractivity contribution >= 4 is 21.6 Å². The van der Waals surface area contributed by atoms with Crippen LogP contribution in [0.25, 0.3) is 0 Å². The highest BCUT2D eigenvalue weighted by molar-refractivity contribution is 7.89. The molecule has 0 radical (unpaired) electrons. The molecule has 3 rings (SSSR count). The van der Waals surface area contributed by atoms with Gasteiger partial charge in [-0.05, 0) is 44.2 Å². The molecule has 0 saturated heterocycles. The van der Waals surface area contributed by atoms with Crippen LogP contribution in [0.5, 0.6) is 11.8 Å². The zero-order valence-corrected chi connectivity index (χ0v) is 17.3. The van der Waals surface area contributed by atoms with E-state index in [1.165, 1.54) is 35.8 Å². The van der Waals surface area contributed by atoms with Crippen LogP contribution in [-0.4, -0.2) is 23.2 Å².